The number of halogens is 3. The highest BCUT2D eigenvalue weighted by Crippen LogP contribution is 2.31. The van der Waals surface area contributed by atoms with E-state index in [1.807, 2.05) is 0 Å². The van der Waals surface area contributed by atoms with Crippen molar-refractivity contribution in [2.45, 2.75) is 38.5 Å². The highest BCUT2D eigenvalue weighted by Gasteiger charge is 2.39. The second-order valence-corrected chi connectivity index (χ2v) is 8.42. The predicted octanol–water partition coefficient (Wildman–Crippen LogP) is 2.85. The van der Waals surface area contributed by atoms with Crippen molar-refractivity contribution in [3.05, 3.63) is 35.4 Å². The Morgan fingerprint density at radius 2 is 2.00 bits per heavy atom. The van der Waals surface area contributed by atoms with Crippen LogP contribution in [0.4, 0.5) is 13.2 Å². The maximum Gasteiger partial charge on any atom is 0.416 e. The lowest BCUT2D eigenvalue weighted by Crippen LogP contribution is -2.51. The van der Waals surface area contributed by atoms with E-state index < -0.39 is 17.7 Å². The summed E-state index contributed by atoms with van der Waals surface area (Å²) in [6.07, 6.45) is -3.41. The van der Waals surface area contributed by atoms with Crippen molar-refractivity contribution in [2.24, 2.45) is 11.8 Å². The number of amides is 2. The SMILES string of the molecule is CC1CN(C)CCC1N(C)C(=O)C1CC(=O)N(Cc2cccc(C(F)(F)F)c2)C1. The van der Waals surface area contributed by atoms with Gasteiger partial charge >= 0.3 is 6.18 Å². The highest BCUT2D eigenvalue weighted by molar-refractivity contribution is 5.89. The van der Waals surface area contributed by atoms with Gasteiger partial charge < -0.3 is 14.7 Å². The van der Waals surface area contributed by atoms with Gasteiger partial charge in [-0.1, -0.05) is 19.1 Å². The molecule has 0 radical (unpaired) electrons. The molecule has 29 heavy (non-hydrogen) atoms. The number of nitrogens with zero attached hydrogens (tertiary/aromatic N) is 3. The van der Waals surface area contributed by atoms with Gasteiger partial charge in [0.05, 0.1) is 11.5 Å². The van der Waals surface area contributed by atoms with Crippen LogP contribution in [0, 0.1) is 11.8 Å². The first-order valence-electron chi connectivity index (χ1n) is 9.95. The summed E-state index contributed by atoms with van der Waals surface area (Å²) >= 11 is 0. The highest BCUT2D eigenvalue weighted by atomic mass is 19.4. The van der Waals surface area contributed by atoms with Crippen LogP contribution in [-0.4, -0.2) is 66.3 Å². The van der Waals surface area contributed by atoms with Crippen molar-refractivity contribution in [3.63, 3.8) is 0 Å². The largest absolute Gasteiger partial charge is 0.416 e. The third-order valence-corrected chi connectivity index (χ3v) is 6.10. The predicted molar refractivity (Wildman–Crippen MR) is 103 cm³/mol. The fraction of sp³-hybridized carbons (Fsp3) is 0.619. The second kappa shape index (κ2) is 8.34. The Morgan fingerprint density at radius 1 is 1.28 bits per heavy atom. The van der Waals surface area contributed by atoms with Gasteiger partial charge in [-0.05, 0) is 43.6 Å². The van der Waals surface area contributed by atoms with Gasteiger partial charge in [0.1, 0.15) is 0 Å². The lowest BCUT2D eigenvalue weighted by Gasteiger charge is -2.40. The number of hydrogen-bond donors (Lipinski definition) is 0. The minimum Gasteiger partial charge on any atom is -0.342 e. The van der Waals surface area contributed by atoms with Gasteiger partial charge in [0.15, 0.2) is 0 Å². The molecule has 3 rings (SSSR count). The molecule has 0 aromatic heterocycles. The molecule has 2 fully saturated rings. The van der Waals surface area contributed by atoms with Gasteiger partial charge in [0.25, 0.3) is 0 Å². The quantitative estimate of drug-likeness (QED) is 0.765. The topological polar surface area (TPSA) is 43.9 Å². The van der Waals surface area contributed by atoms with Crippen LogP contribution in [0.15, 0.2) is 24.3 Å². The first kappa shape index (κ1) is 21.6. The summed E-state index contributed by atoms with van der Waals surface area (Å²) in [7, 11) is 3.87. The van der Waals surface area contributed by atoms with E-state index in [0.29, 0.717) is 11.5 Å². The van der Waals surface area contributed by atoms with Crippen LogP contribution in [0.3, 0.4) is 0 Å². The zero-order valence-corrected chi connectivity index (χ0v) is 17.1. The molecule has 2 saturated heterocycles. The van der Waals surface area contributed by atoms with Crippen molar-refractivity contribution < 1.29 is 22.8 Å². The Morgan fingerprint density at radius 3 is 2.66 bits per heavy atom. The third kappa shape index (κ3) is 4.91. The third-order valence-electron chi connectivity index (χ3n) is 6.10. The van der Waals surface area contributed by atoms with Crippen molar-refractivity contribution in [1.82, 2.24) is 14.7 Å². The Labute approximate surface area is 169 Å². The smallest absolute Gasteiger partial charge is 0.342 e. The van der Waals surface area contributed by atoms with Crippen LogP contribution in [0.1, 0.15) is 30.9 Å². The summed E-state index contributed by atoms with van der Waals surface area (Å²) in [4.78, 5) is 30.9. The molecule has 160 valence electrons. The average Bonchev–Trinajstić information content (AvgIpc) is 3.00. The van der Waals surface area contributed by atoms with E-state index in [4.69, 9.17) is 0 Å². The fourth-order valence-electron chi connectivity index (χ4n) is 4.53. The summed E-state index contributed by atoms with van der Waals surface area (Å²) < 4.78 is 38.7. The lowest BCUT2D eigenvalue weighted by molar-refractivity contribution is -0.138. The number of carbonyl (C=O) groups excluding carboxylic acids is 2. The van der Waals surface area contributed by atoms with Gasteiger partial charge in [-0.15, -0.1) is 0 Å². The molecule has 0 bridgehead atoms. The molecular weight excluding hydrogens is 383 g/mol. The molecule has 0 saturated carbocycles. The Kier molecular flexibility index (Phi) is 6.22. The zero-order chi connectivity index (χ0) is 21.3. The van der Waals surface area contributed by atoms with Crippen LogP contribution < -0.4 is 0 Å². The molecule has 5 nitrogen and oxygen atoms in total. The molecular formula is C21H28F3N3O2. The van der Waals surface area contributed by atoms with E-state index >= 15 is 0 Å². The Hall–Kier alpha value is -2.09. The molecule has 1 aromatic rings. The van der Waals surface area contributed by atoms with Crippen LogP contribution in [0.25, 0.3) is 0 Å². The molecule has 0 spiro atoms. The molecule has 2 aliphatic heterocycles. The van der Waals surface area contributed by atoms with E-state index in [1.54, 1.807) is 18.0 Å². The van der Waals surface area contributed by atoms with E-state index in [2.05, 4.69) is 18.9 Å². The number of rotatable bonds is 4. The van der Waals surface area contributed by atoms with E-state index in [9.17, 15) is 22.8 Å². The molecule has 0 aliphatic carbocycles. The number of likely N-dealkylation sites (tertiary alicyclic amines) is 2. The van der Waals surface area contributed by atoms with Gasteiger partial charge in [-0.3, -0.25) is 9.59 Å². The molecule has 8 heteroatoms. The number of hydrogen-bond acceptors (Lipinski definition) is 3. The standard InChI is InChI=1S/C21H28F3N3O2/c1-14-11-25(2)8-7-18(14)26(3)20(29)16-10-19(28)27(13-16)12-15-5-4-6-17(9-15)21(22,23)24/h4-6,9,14,16,18H,7-8,10-13H2,1-3H3. The number of carbonyl (C=O) groups is 2. The van der Waals surface area contributed by atoms with Crippen LogP contribution in [0.2, 0.25) is 0 Å². The van der Waals surface area contributed by atoms with Gasteiger partial charge in [0.2, 0.25) is 11.8 Å². The Bertz CT molecular complexity index is 768. The number of benzene rings is 1. The molecule has 2 amide bonds. The van der Waals surface area contributed by atoms with E-state index in [1.165, 1.54) is 11.0 Å². The molecule has 2 aliphatic rings. The lowest BCUT2D eigenvalue weighted by atomic mass is 9.92. The van der Waals surface area contributed by atoms with Gasteiger partial charge in [-0.25, -0.2) is 0 Å². The maximum absolute atomic E-state index is 13.0. The zero-order valence-electron chi connectivity index (χ0n) is 17.1. The summed E-state index contributed by atoms with van der Waals surface area (Å²) in [5.41, 5.74) is -0.316. The Balaban J connectivity index is 1.63. The first-order valence-corrected chi connectivity index (χ1v) is 9.95. The van der Waals surface area contributed by atoms with Crippen LogP contribution in [0.5, 0.6) is 0 Å². The van der Waals surface area contributed by atoms with Crippen LogP contribution >= 0.6 is 0 Å². The minimum absolute atomic E-state index is 0.0497. The van der Waals surface area contributed by atoms with Crippen molar-refractivity contribution in [3.8, 4) is 0 Å². The minimum atomic E-state index is -4.42. The molecule has 1 aromatic carbocycles. The van der Waals surface area contributed by atoms with Crippen LogP contribution in [-0.2, 0) is 22.3 Å². The number of piperidine rings is 1. The van der Waals surface area contributed by atoms with Crippen molar-refractivity contribution in [2.75, 3.05) is 33.7 Å². The first-order chi connectivity index (χ1) is 13.6. The van der Waals surface area contributed by atoms with Gasteiger partial charge in [0, 0.05) is 39.1 Å². The van der Waals surface area contributed by atoms with Crippen molar-refractivity contribution >= 4 is 11.8 Å². The van der Waals surface area contributed by atoms with E-state index in [0.717, 1.165) is 31.6 Å². The second-order valence-electron chi connectivity index (χ2n) is 8.42. The summed E-state index contributed by atoms with van der Waals surface area (Å²) in [6, 6.07) is 5.14. The average molecular weight is 411 g/mol. The summed E-state index contributed by atoms with van der Waals surface area (Å²) in [5.74, 6) is -0.331. The van der Waals surface area contributed by atoms with Gasteiger partial charge in [-0.2, -0.15) is 13.2 Å². The summed E-state index contributed by atoms with van der Waals surface area (Å²) in [5, 5.41) is 0. The molecule has 2 heterocycles. The van der Waals surface area contributed by atoms with E-state index in [-0.39, 0.29) is 37.4 Å². The fourth-order valence-corrected chi connectivity index (χ4v) is 4.53. The number of alkyl halides is 3. The maximum atomic E-state index is 13.0. The monoisotopic (exact) mass is 411 g/mol. The molecule has 3 atom stereocenters. The molecule has 0 N–H and O–H groups in total. The molecule has 3 unspecified atom stereocenters. The normalized spacial score (nSPS) is 26.1. The van der Waals surface area contributed by atoms with Crippen molar-refractivity contribution in [1.29, 1.82) is 0 Å². The summed E-state index contributed by atoms with van der Waals surface area (Å²) in [6.45, 7) is 4.31.